The zero-order chi connectivity index (χ0) is 24.5. The van der Waals surface area contributed by atoms with E-state index in [0.717, 1.165) is 26.2 Å². The van der Waals surface area contributed by atoms with Crippen LogP contribution in [0.2, 0.25) is 0 Å². The van der Waals surface area contributed by atoms with Crippen LogP contribution in [0.4, 0.5) is 0 Å². The largest absolute Gasteiger partial charge is 0.471 e. The van der Waals surface area contributed by atoms with Crippen LogP contribution in [0.1, 0.15) is 78.8 Å². The van der Waals surface area contributed by atoms with Gasteiger partial charge in [0.15, 0.2) is 0 Å². The van der Waals surface area contributed by atoms with Crippen molar-refractivity contribution in [2.24, 2.45) is 22.6 Å². The molecule has 2 heterocycles. The zero-order valence-corrected chi connectivity index (χ0v) is 21.5. The topological polar surface area (TPSA) is 83.1 Å². The molecule has 0 saturated carbocycles. The third-order valence-electron chi connectivity index (χ3n) is 6.20. The van der Waals surface area contributed by atoms with Crippen molar-refractivity contribution in [3.63, 3.8) is 0 Å². The predicted molar refractivity (Wildman–Crippen MR) is 138 cm³/mol. The Hall–Kier alpha value is -2.08. The van der Waals surface area contributed by atoms with Crippen molar-refractivity contribution in [1.82, 2.24) is 0 Å². The molecule has 0 amide bonds. The summed E-state index contributed by atoms with van der Waals surface area (Å²) in [5, 5.41) is 0. The summed E-state index contributed by atoms with van der Waals surface area (Å²) in [5.41, 5.74) is 8.34. The number of unbranched alkanes of at least 4 members (excludes halogenated alkanes) is 1. The van der Waals surface area contributed by atoms with Gasteiger partial charge in [-0.3, -0.25) is 4.79 Å². The van der Waals surface area contributed by atoms with E-state index in [0.29, 0.717) is 24.3 Å². The first kappa shape index (κ1) is 29.0. The molecule has 2 aliphatic rings. The monoisotopic (exact) mass is 464 g/mol. The number of hydrogen-bond acceptors (Lipinski definition) is 6. The van der Waals surface area contributed by atoms with Gasteiger partial charge in [-0.2, -0.15) is 0 Å². The van der Waals surface area contributed by atoms with Gasteiger partial charge in [-0.15, -0.1) is 0 Å². The van der Waals surface area contributed by atoms with Gasteiger partial charge < -0.3 is 19.9 Å². The van der Waals surface area contributed by atoms with E-state index in [4.69, 9.17) is 20.0 Å². The molecule has 0 radical (unpaired) electrons. The zero-order valence-electron chi connectivity index (χ0n) is 21.5. The Balaban J connectivity index is 0.000000751. The van der Waals surface area contributed by atoms with Gasteiger partial charge >= 0.3 is 0 Å². The number of benzene rings is 1. The van der Waals surface area contributed by atoms with Crippen molar-refractivity contribution in [1.29, 1.82) is 0 Å². The smallest absolute Gasteiger partial charge is 0.292 e. The van der Waals surface area contributed by atoms with Crippen LogP contribution < -0.4 is 5.73 Å². The Kier molecular flexibility index (Phi) is 14.5. The summed E-state index contributed by atoms with van der Waals surface area (Å²) in [7, 11) is 1.31. The van der Waals surface area contributed by atoms with Crippen molar-refractivity contribution in [2.45, 2.75) is 84.7 Å². The van der Waals surface area contributed by atoms with Gasteiger partial charge in [0, 0.05) is 27.1 Å². The van der Waals surface area contributed by atoms with E-state index in [-0.39, 0.29) is 7.03 Å². The van der Waals surface area contributed by atoms with Crippen molar-refractivity contribution in [3.8, 4) is 0 Å². The molecule has 2 aliphatic heterocycles. The van der Waals surface area contributed by atoms with Gasteiger partial charge in [0.05, 0.1) is 7.11 Å². The summed E-state index contributed by atoms with van der Waals surface area (Å²) in [6.45, 7) is 11.8. The molecule has 0 aromatic heterocycles. The number of hydrogen-bond donors (Lipinski definition) is 1. The van der Waals surface area contributed by atoms with Crippen LogP contribution in [-0.2, 0) is 31.8 Å². The molecule has 0 bridgehead atoms. The second-order valence-corrected chi connectivity index (χ2v) is 9.45. The SMILES string of the molecule is C1CCCOCC1.CCCCc1ccc(CC2C(C)CN=C(N)OC2(C)C)cc1.COC=O.[HH]. The summed E-state index contributed by atoms with van der Waals surface area (Å²) in [4.78, 5) is 13.3. The van der Waals surface area contributed by atoms with Crippen LogP contribution in [0.15, 0.2) is 29.3 Å². The van der Waals surface area contributed by atoms with Crippen LogP contribution >= 0.6 is 0 Å². The van der Waals surface area contributed by atoms with Crippen molar-refractivity contribution in [3.05, 3.63) is 35.4 Å². The number of nitrogens with zero attached hydrogens (tertiary/aromatic N) is 1. The summed E-state index contributed by atoms with van der Waals surface area (Å²) >= 11 is 0. The Morgan fingerprint density at radius 3 is 2.27 bits per heavy atom. The third-order valence-corrected chi connectivity index (χ3v) is 6.20. The van der Waals surface area contributed by atoms with Crippen LogP contribution in [-0.4, -0.2) is 45.0 Å². The van der Waals surface area contributed by atoms with Gasteiger partial charge in [0.25, 0.3) is 12.5 Å². The van der Waals surface area contributed by atoms with Crippen molar-refractivity contribution in [2.75, 3.05) is 26.9 Å². The molecule has 6 nitrogen and oxygen atoms in total. The molecule has 2 atom stereocenters. The van der Waals surface area contributed by atoms with Gasteiger partial charge in [-0.25, -0.2) is 4.99 Å². The van der Waals surface area contributed by atoms with E-state index in [9.17, 15) is 0 Å². The maximum absolute atomic E-state index is 8.95. The number of aliphatic imine (C=N–C) groups is 1. The molecule has 33 heavy (non-hydrogen) atoms. The lowest BCUT2D eigenvalue weighted by Crippen LogP contribution is -2.41. The van der Waals surface area contributed by atoms with Crippen LogP contribution in [0.3, 0.4) is 0 Å². The number of amidine groups is 1. The van der Waals surface area contributed by atoms with E-state index >= 15 is 0 Å². The van der Waals surface area contributed by atoms with Gasteiger partial charge in [0.1, 0.15) is 5.60 Å². The van der Waals surface area contributed by atoms with Crippen LogP contribution in [0.5, 0.6) is 0 Å². The molecule has 1 fully saturated rings. The number of aryl methyl sites for hydroxylation is 1. The lowest BCUT2D eigenvalue weighted by Gasteiger charge is -2.35. The lowest BCUT2D eigenvalue weighted by atomic mass is 9.77. The predicted octanol–water partition coefficient (Wildman–Crippen LogP) is 5.56. The number of ether oxygens (including phenoxy) is 3. The van der Waals surface area contributed by atoms with Crippen molar-refractivity contribution >= 4 is 12.5 Å². The standard InChI is InChI=1S/C19H30N2O.C6H12O.C2H4O2.H2/c1-5-6-7-15-8-10-16(11-9-15)12-17-14(2)13-21-18(20)22-19(17,3)4;1-2-4-6-7-5-3-1;1-4-2-3;/h8-11,14,17H,5-7,12-13H2,1-4H3,(H2,20,21);1-6H2;2H,1H3;1H. The highest BCUT2D eigenvalue weighted by molar-refractivity contribution is 5.72. The molecule has 2 N–H and O–H groups in total. The quantitative estimate of drug-likeness (QED) is 0.557. The summed E-state index contributed by atoms with van der Waals surface area (Å²) in [6.07, 6.45) is 9.99. The fourth-order valence-electron chi connectivity index (χ4n) is 4.21. The first-order chi connectivity index (χ1) is 15.8. The highest BCUT2D eigenvalue weighted by Gasteiger charge is 2.37. The molecule has 6 heteroatoms. The molecule has 190 valence electrons. The first-order valence-electron chi connectivity index (χ1n) is 12.4. The van der Waals surface area contributed by atoms with Gasteiger partial charge in [-0.05, 0) is 63.0 Å². The Morgan fingerprint density at radius 2 is 1.73 bits per heavy atom. The number of methoxy groups -OCH3 is 1. The molecule has 0 spiro atoms. The van der Waals surface area contributed by atoms with Crippen LogP contribution in [0.25, 0.3) is 0 Å². The molecule has 1 aromatic rings. The summed E-state index contributed by atoms with van der Waals surface area (Å²) in [6, 6.07) is 9.40. The Bertz CT molecular complexity index is 660. The van der Waals surface area contributed by atoms with E-state index in [2.05, 4.69) is 61.7 Å². The van der Waals surface area contributed by atoms with E-state index in [1.165, 1.54) is 63.2 Å². The highest BCUT2D eigenvalue weighted by atomic mass is 16.5. The Labute approximate surface area is 202 Å². The van der Waals surface area contributed by atoms with Gasteiger partial charge in [0.2, 0.25) is 0 Å². The lowest BCUT2D eigenvalue weighted by molar-refractivity contribution is -0.126. The maximum atomic E-state index is 8.95. The fraction of sp³-hybridized carbons (Fsp3) is 0.704. The van der Waals surface area contributed by atoms with Crippen molar-refractivity contribution < 1.29 is 20.4 Å². The third kappa shape index (κ3) is 12.1. The molecule has 0 aliphatic carbocycles. The molecular weight excluding hydrogens is 416 g/mol. The molecule has 1 aromatic carbocycles. The average molecular weight is 465 g/mol. The normalized spacial score (nSPS) is 21.9. The maximum Gasteiger partial charge on any atom is 0.292 e. The van der Waals surface area contributed by atoms with E-state index < -0.39 is 0 Å². The van der Waals surface area contributed by atoms with Gasteiger partial charge in [-0.1, -0.05) is 57.4 Å². The number of nitrogens with two attached hydrogens (primary N) is 1. The number of rotatable bonds is 6. The van der Waals surface area contributed by atoms with Crippen LogP contribution in [0, 0.1) is 11.8 Å². The number of carbonyl (C=O) groups excluding carboxylic acids is 1. The molecule has 1 saturated heterocycles. The second-order valence-electron chi connectivity index (χ2n) is 9.45. The minimum absolute atomic E-state index is 0. The molecule has 2 unspecified atom stereocenters. The molecule has 3 rings (SSSR count). The minimum atomic E-state index is -0.287. The van der Waals surface area contributed by atoms with E-state index in [1.54, 1.807) is 0 Å². The van der Waals surface area contributed by atoms with E-state index in [1.807, 2.05) is 0 Å². The Morgan fingerprint density at radius 1 is 1.15 bits per heavy atom. The average Bonchev–Trinajstić information content (AvgIpc) is 3.17. The summed E-state index contributed by atoms with van der Waals surface area (Å²) < 4.78 is 14.9. The number of carbonyl (C=O) groups is 1. The molecular formula is C27H48N2O4. The summed E-state index contributed by atoms with van der Waals surface area (Å²) in [5.74, 6) is 0.856. The minimum Gasteiger partial charge on any atom is -0.471 e. The highest BCUT2D eigenvalue weighted by Crippen LogP contribution is 2.33. The second kappa shape index (κ2) is 16.5. The fourth-order valence-corrected chi connectivity index (χ4v) is 4.21. The first-order valence-corrected chi connectivity index (χ1v) is 12.4.